The van der Waals surface area contributed by atoms with Gasteiger partial charge in [-0.25, -0.2) is 4.98 Å². The summed E-state index contributed by atoms with van der Waals surface area (Å²) in [5, 5.41) is 5.60. The Morgan fingerprint density at radius 3 is 3.00 bits per heavy atom. The Labute approximate surface area is 112 Å². The molecule has 19 heavy (non-hydrogen) atoms. The van der Waals surface area contributed by atoms with E-state index in [0.717, 1.165) is 29.3 Å². The molecule has 3 aromatic rings. The SMILES string of the molecule is CCNc1nc(C)cn1-c1cccc2ccncc12. The molecule has 4 nitrogen and oxygen atoms in total. The van der Waals surface area contributed by atoms with Crippen LogP contribution < -0.4 is 5.32 Å². The van der Waals surface area contributed by atoms with Gasteiger partial charge in [0.1, 0.15) is 0 Å². The number of rotatable bonds is 3. The van der Waals surface area contributed by atoms with Crippen molar-refractivity contribution in [3.63, 3.8) is 0 Å². The molecule has 96 valence electrons. The van der Waals surface area contributed by atoms with Gasteiger partial charge in [-0.1, -0.05) is 12.1 Å². The van der Waals surface area contributed by atoms with E-state index < -0.39 is 0 Å². The summed E-state index contributed by atoms with van der Waals surface area (Å²) in [6.07, 6.45) is 5.76. The second kappa shape index (κ2) is 4.72. The summed E-state index contributed by atoms with van der Waals surface area (Å²) in [5.41, 5.74) is 2.10. The normalized spacial score (nSPS) is 10.8. The van der Waals surface area contributed by atoms with Gasteiger partial charge >= 0.3 is 0 Å². The maximum absolute atomic E-state index is 4.52. The standard InChI is InChI=1S/C15H16N4/c1-3-17-15-18-11(2)10-19(15)14-6-4-5-12-7-8-16-9-13(12)14/h4-10H,3H2,1-2H3,(H,17,18). The van der Waals surface area contributed by atoms with E-state index in [2.05, 4.69) is 45.0 Å². The smallest absolute Gasteiger partial charge is 0.207 e. The van der Waals surface area contributed by atoms with Crippen LogP contribution >= 0.6 is 0 Å². The average molecular weight is 252 g/mol. The third-order valence-electron chi connectivity index (χ3n) is 3.08. The molecule has 0 atom stereocenters. The van der Waals surface area contributed by atoms with Crippen molar-refractivity contribution in [1.82, 2.24) is 14.5 Å². The van der Waals surface area contributed by atoms with E-state index in [0.29, 0.717) is 0 Å². The Morgan fingerprint density at radius 2 is 2.16 bits per heavy atom. The lowest BCUT2D eigenvalue weighted by Gasteiger charge is -2.10. The summed E-state index contributed by atoms with van der Waals surface area (Å²) in [6, 6.07) is 8.27. The predicted octanol–water partition coefficient (Wildman–Crippen LogP) is 3.16. The molecule has 2 heterocycles. The second-order valence-corrected chi connectivity index (χ2v) is 4.48. The summed E-state index contributed by atoms with van der Waals surface area (Å²) >= 11 is 0. The van der Waals surface area contributed by atoms with Crippen LogP contribution in [0.15, 0.2) is 42.9 Å². The number of nitrogens with one attached hydrogen (secondary N) is 1. The van der Waals surface area contributed by atoms with E-state index >= 15 is 0 Å². The van der Waals surface area contributed by atoms with Crippen LogP contribution in [0.5, 0.6) is 0 Å². The second-order valence-electron chi connectivity index (χ2n) is 4.48. The van der Waals surface area contributed by atoms with Crippen molar-refractivity contribution in [1.29, 1.82) is 0 Å². The molecule has 0 aliphatic rings. The average Bonchev–Trinajstić information content (AvgIpc) is 2.79. The monoisotopic (exact) mass is 252 g/mol. The fourth-order valence-corrected chi connectivity index (χ4v) is 2.27. The van der Waals surface area contributed by atoms with Gasteiger partial charge in [-0.15, -0.1) is 0 Å². The molecule has 1 aromatic carbocycles. The fourth-order valence-electron chi connectivity index (χ4n) is 2.27. The molecule has 0 saturated carbocycles. The molecule has 0 saturated heterocycles. The van der Waals surface area contributed by atoms with Gasteiger partial charge in [-0.2, -0.15) is 0 Å². The molecule has 0 amide bonds. The molecular formula is C15H16N4. The Kier molecular flexibility index (Phi) is 2.91. The Bertz CT molecular complexity index is 710. The van der Waals surface area contributed by atoms with Crippen molar-refractivity contribution in [3.8, 4) is 5.69 Å². The zero-order chi connectivity index (χ0) is 13.2. The van der Waals surface area contributed by atoms with Gasteiger partial charge in [0.2, 0.25) is 5.95 Å². The molecule has 0 fully saturated rings. The number of nitrogens with zero attached hydrogens (tertiary/aromatic N) is 3. The summed E-state index contributed by atoms with van der Waals surface area (Å²) in [4.78, 5) is 8.74. The quantitative estimate of drug-likeness (QED) is 0.778. The molecule has 0 aliphatic carbocycles. The van der Waals surface area contributed by atoms with Crippen LogP contribution in [-0.4, -0.2) is 21.1 Å². The van der Waals surface area contributed by atoms with Gasteiger partial charge < -0.3 is 5.32 Å². The highest BCUT2D eigenvalue weighted by molar-refractivity contribution is 5.89. The van der Waals surface area contributed by atoms with E-state index in [4.69, 9.17) is 0 Å². The Hall–Kier alpha value is -2.36. The number of hydrogen-bond acceptors (Lipinski definition) is 3. The van der Waals surface area contributed by atoms with Crippen molar-refractivity contribution >= 4 is 16.7 Å². The first-order valence-electron chi connectivity index (χ1n) is 6.42. The number of pyridine rings is 1. The van der Waals surface area contributed by atoms with Crippen LogP contribution in [0, 0.1) is 6.92 Å². The van der Waals surface area contributed by atoms with Gasteiger partial charge in [0.25, 0.3) is 0 Å². The van der Waals surface area contributed by atoms with Crippen LogP contribution in [0.1, 0.15) is 12.6 Å². The molecule has 0 bridgehead atoms. The first-order valence-corrected chi connectivity index (χ1v) is 6.42. The van der Waals surface area contributed by atoms with E-state index in [9.17, 15) is 0 Å². The lowest BCUT2D eigenvalue weighted by Crippen LogP contribution is -2.05. The maximum atomic E-state index is 4.52. The Balaban J connectivity index is 2.24. The number of aromatic nitrogens is 3. The van der Waals surface area contributed by atoms with Gasteiger partial charge in [0.15, 0.2) is 0 Å². The lowest BCUT2D eigenvalue weighted by atomic mass is 10.1. The topological polar surface area (TPSA) is 42.7 Å². The largest absolute Gasteiger partial charge is 0.356 e. The molecule has 4 heteroatoms. The first-order chi connectivity index (χ1) is 9.29. The van der Waals surface area contributed by atoms with Crippen LogP contribution in [0.3, 0.4) is 0 Å². The molecular weight excluding hydrogens is 236 g/mol. The zero-order valence-electron chi connectivity index (χ0n) is 11.1. The van der Waals surface area contributed by atoms with E-state index in [1.807, 2.05) is 31.6 Å². The van der Waals surface area contributed by atoms with Crippen molar-refractivity contribution in [2.24, 2.45) is 0 Å². The number of fused-ring (bicyclic) bond motifs is 1. The van der Waals surface area contributed by atoms with E-state index in [1.54, 1.807) is 0 Å². The molecule has 0 unspecified atom stereocenters. The maximum Gasteiger partial charge on any atom is 0.207 e. The highest BCUT2D eigenvalue weighted by atomic mass is 15.2. The van der Waals surface area contributed by atoms with Crippen LogP contribution in [0.25, 0.3) is 16.5 Å². The first kappa shape index (κ1) is 11.7. The highest BCUT2D eigenvalue weighted by Gasteiger charge is 2.09. The number of aryl methyl sites for hydroxylation is 1. The van der Waals surface area contributed by atoms with Crippen molar-refractivity contribution in [2.45, 2.75) is 13.8 Å². The van der Waals surface area contributed by atoms with Gasteiger partial charge in [-0.05, 0) is 31.4 Å². The van der Waals surface area contributed by atoms with Gasteiger partial charge in [0, 0.05) is 30.5 Å². The van der Waals surface area contributed by atoms with Crippen molar-refractivity contribution in [3.05, 3.63) is 48.5 Å². The van der Waals surface area contributed by atoms with Gasteiger partial charge in [-0.3, -0.25) is 9.55 Å². The number of hydrogen-bond donors (Lipinski definition) is 1. The lowest BCUT2D eigenvalue weighted by molar-refractivity contribution is 1.03. The summed E-state index contributed by atoms with van der Waals surface area (Å²) in [7, 11) is 0. The number of imidazole rings is 1. The minimum atomic E-state index is 0.847. The molecule has 0 radical (unpaired) electrons. The molecule has 0 aliphatic heterocycles. The minimum absolute atomic E-state index is 0.847. The molecule has 2 aromatic heterocycles. The summed E-state index contributed by atoms with van der Waals surface area (Å²) < 4.78 is 2.09. The van der Waals surface area contributed by atoms with Crippen molar-refractivity contribution < 1.29 is 0 Å². The molecule has 3 rings (SSSR count). The number of anilines is 1. The number of benzene rings is 1. The van der Waals surface area contributed by atoms with E-state index in [-0.39, 0.29) is 0 Å². The highest BCUT2D eigenvalue weighted by Crippen LogP contribution is 2.24. The predicted molar refractivity (Wildman–Crippen MR) is 77.8 cm³/mol. The van der Waals surface area contributed by atoms with Gasteiger partial charge in [0.05, 0.1) is 11.4 Å². The zero-order valence-corrected chi connectivity index (χ0v) is 11.1. The van der Waals surface area contributed by atoms with Crippen LogP contribution in [0.4, 0.5) is 5.95 Å². The third kappa shape index (κ3) is 2.05. The molecule has 1 N–H and O–H groups in total. The summed E-state index contributed by atoms with van der Waals surface area (Å²) in [6.45, 7) is 4.92. The molecule has 0 spiro atoms. The fraction of sp³-hybridized carbons (Fsp3) is 0.200. The third-order valence-corrected chi connectivity index (χ3v) is 3.08. The minimum Gasteiger partial charge on any atom is -0.356 e. The van der Waals surface area contributed by atoms with Crippen LogP contribution in [0.2, 0.25) is 0 Å². The van der Waals surface area contributed by atoms with E-state index in [1.165, 1.54) is 5.39 Å². The Morgan fingerprint density at radius 1 is 1.26 bits per heavy atom. The van der Waals surface area contributed by atoms with Crippen molar-refractivity contribution in [2.75, 3.05) is 11.9 Å². The van der Waals surface area contributed by atoms with Crippen LogP contribution in [-0.2, 0) is 0 Å². The summed E-state index contributed by atoms with van der Waals surface area (Å²) in [5.74, 6) is 0.872.